The molecule has 1 fully saturated rings. The molecule has 3 heteroatoms. The van der Waals surface area contributed by atoms with Crippen molar-refractivity contribution >= 4 is 23.8 Å². The number of benzene rings is 4. The van der Waals surface area contributed by atoms with E-state index >= 15 is 0 Å². The van der Waals surface area contributed by atoms with Gasteiger partial charge >= 0.3 is 0 Å². The van der Waals surface area contributed by atoms with E-state index < -0.39 is 7.92 Å². The highest BCUT2D eigenvalue weighted by molar-refractivity contribution is 7.79. The van der Waals surface area contributed by atoms with E-state index in [1.165, 1.54) is 58.3 Å². The summed E-state index contributed by atoms with van der Waals surface area (Å²) in [5, 5.41) is 12.1. The smallest absolute Gasteiger partial charge is 0.0224 e. The van der Waals surface area contributed by atoms with E-state index in [9.17, 15) is 0 Å². The van der Waals surface area contributed by atoms with Crippen molar-refractivity contribution in [1.82, 2.24) is 10.6 Å². The molecule has 1 saturated carbocycles. The molecule has 0 radical (unpaired) electrons. The zero-order chi connectivity index (χ0) is 24.6. The Morgan fingerprint density at radius 3 is 1.64 bits per heavy atom. The van der Waals surface area contributed by atoms with Crippen molar-refractivity contribution in [2.45, 2.75) is 57.8 Å². The van der Waals surface area contributed by atoms with Crippen molar-refractivity contribution in [3.8, 4) is 0 Å². The molecule has 2 nitrogen and oxygen atoms in total. The minimum absolute atomic E-state index is 0.496. The third kappa shape index (κ3) is 6.13. The summed E-state index contributed by atoms with van der Waals surface area (Å²) in [6.07, 6.45) is 5.10. The van der Waals surface area contributed by atoms with Gasteiger partial charge in [0.2, 0.25) is 0 Å². The Labute approximate surface area is 217 Å². The van der Waals surface area contributed by atoms with Crippen molar-refractivity contribution in [3.05, 3.63) is 126 Å². The van der Waals surface area contributed by atoms with Crippen LogP contribution in [0.5, 0.6) is 0 Å². The molecule has 1 aliphatic rings. The maximum Gasteiger partial charge on any atom is 0.0224 e. The Balaban J connectivity index is 1.34. The van der Waals surface area contributed by atoms with Gasteiger partial charge in [0.1, 0.15) is 0 Å². The third-order valence-electron chi connectivity index (χ3n) is 7.40. The Hall–Kier alpha value is -2.77. The summed E-state index contributed by atoms with van der Waals surface area (Å²) in [5.41, 5.74) is 4.19. The van der Waals surface area contributed by atoms with Crippen LogP contribution in [-0.2, 0) is 13.1 Å². The van der Waals surface area contributed by atoms with E-state index in [1.807, 2.05) is 0 Å². The molecule has 1 aliphatic carbocycles. The van der Waals surface area contributed by atoms with Crippen LogP contribution in [0.2, 0.25) is 0 Å². The molecule has 2 N–H and O–H groups in total. The fraction of sp³-hybridized carbons (Fsp3) is 0.273. The van der Waals surface area contributed by atoms with E-state index in [2.05, 4.69) is 127 Å². The van der Waals surface area contributed by atoms with Crippen LogP contribution in [0.3, 0.4) is 0 Å². The second-order valence-corrected chi connectivity index (χ2v) is 12.0. The van der Waals surface area contributed by atoms with E-state index in [4.69, 9.17) is 0 Å². The van der Waals surface area contributed by atoms with Gasteiger partial charge in [-0.2, -0.15) is 0 Å². The molecular formula is C33H37N2P. The second kappa shape index (κ2) is 12.5. The number of rotatable bonds is 9. The molecule has 0 heterocycles. The van der Waals surface area contributed by atoms with Gasteiger partial charge in [0.25, 0.3) is 0 Å². The molecular weight excluding hydrogens is 455 g/mol. The lowest BCUT2D eigenvalue weighted by Gasteiger charge is -2.34. The number of nitrogens with one attached hydrogen (secondary N) is 2. The first-order valence-corrected chi connectivity index (χ1v) is 14.6. The SMILES string of the molecule is Cc1ccccc1CN[C@@H]1CCCC[C@H]1NCc1ccccc1P(c1ccccc1)c1ccccc1. The highest BCUT2D eigenvalue weighted by Gasteiger charge is 2.25. The average Bonchev–Trinajstić information content (AvgIpc) is 2.94. The van der Waals surface area contributed by atoms with Gasteiger partial charge in [0.05, 0.1) is 0 Å². The lowest BCUT2D eigenvalue weighted by molar-refractivity contribution is 0.281. The van der Waals surface area contributed by atoms with Gasteiger partial charge in [0, 0.05) is 25.2 Å². The van der Waals surface area contributed by atoms with Crippen molar-refractivity contribution in [2.75, 3.05) is 0 Å². The first-order valence-electron chi connectivity index (χ1n) is 13.3. The molecule has 5 rings (SSSR count). The van der Waals surface area contributed by atoms with Crippen molar-refractivity contribution in [1.29, 1.82) is 0 Å². The summed E-state index contributed by atoms with van der Waals surface area (Å²) in [4.78, 5) is 0. The van der Waals surface area contributed by atoms with E-state index in [-0.39, 0.29) is 0 Å². The normalized spacial score (nSPS) is 17.8. The first kappa shape index (κ1) is 24.9. The lowest BCUT2D eigenvalue weighted by atomic mass is 9.90. The zero-order valence-corrected chi connectivity index (χ0v) is 22.1. The molecule has 0 amide bonds. The summed E-state index contributed by atoms with van der Waals surface area (Å²) >= 11 is 0. The number of hydrogen-bond donors (Lipinski definition) is 2. The van der Waals surface area contributed by atoms with E-state index in [0.717, 1.165) is 13.1 Å². The standard InChI is InChI=1S/C33H37N2P/c1-26-14-8-9-15-27(26)24-34-31-21-11-12-22-32(31)35-25-28-16-10-13-23-33(28)36(29-17-4-2-5-18-29)30-19-6-3-7-20-30/h2-10,13-20,23,31-32,34-35H,11-12,21-22,24-25H2,1H3/t31-,32-/m1/s1. The Morgan fingerprint density at radius 2 is 1.06 bits per heavy atom. The largest absolute Gasteiger partial charge is 0.308 e. The number of hydrogen-bond acceptors (Lipinski definition) is 2. The Morgan fingerprint density at radius 1 is 0.583 bits per heavy atom. The summed E-state index contributed by atoms with van der Waals surface area (Å²) in [5.74, 6) is 0. The molecule has 2 atom stereocenters. The molecule has 36 heavy (non-hydrogen) atoms. The van der Waals surface area contributed by atoms with Crippen LogP contribution in [0.1, 0.15) is 42.4 Å². The van der Waals surface area contributed by atoms with Crippen LogP contribution in [-0.4, -0.2) is 12.1 Å². The van der Waals surface area contributed by atoms with Crippen LogP contribution in [0.25, 0.3) is 0 Å². The quantitative estimate of drug-likeness (QED) is 0.283. The van der Waals surface area contributed by atoms with Crippen LogP contribution < -0.4 is 26.5 Å². The molecule has 0 spiro atoms. The lowest BCUT2D eigenvalue weighted by Crippen LogP contribution is -2.49. The van der Waals surface area contributed by atoms with Gasteiger partial charge in [-0.05, 0) is 60.3 Å². The maximum atomic E-state index is 3.98. The summed E-state index contributed by atoms with van der Waals surface area (Å²) in [7, 11) is -0.603. The summed E-state index contributed by atoms with van der Waals surface area (Å²) < 4.78 is 0. The molecule has 0 aromatic heterocycles. The van der Waals surface area contributed by atoms with Crippen molar-refractivity contribution in [3.63, 3.8) is 0 Å². The van der Waals surface area contributed by atoms with E-state index in [0.29, 0.717) is 12.1 Å². The summed E-state index contributed by atoms with van der Waals surface area (Å²) in [6.45, 7) is 4.06. The van der Waals surface area contributed by atoms with Gasteiger partial charge < -0.3 is 10.6 Å². The maximum absolute atomic E-state index is 3.98. The second-order valence-electron chi connectivity index (χ2n) is 9.82. The van der Waals surface area contributed by atoms with Crippen LogP contribution in [0.15, 0.2) is 109 Å². The fourth-order valence-electron chi connectivity index (χ4n) is 5.37. The van der Waals surface area contributed by atoms with Crippen LogP contribution >= 0.6 is 7.92 Å². The molecule has 4 aromatic rings. The monoisotopic (exact) mass is 492 g/mol. The average molecular weight is 493 g/mol. The van der Waals surface area contributed by atoms with Gasteiger partial charge in [-0.1, -0.05) is 122 Å². The minimum Gasteiger partial charge on any atom is -0.308 e. The van der Waals surface area contributed by atoms with Gasteiger partial charge in [-0.25, -0.2) is 0 Å². The first-order chi connectivity index (χ1) is 17.8. The van der Waals surface area contributed by atoms with Crippen LogP contribution in [0, 0.1) is 6.92 Å². The third-order valence-corrected chi connectivity index (χ3v) is 9.95. The molecule has 0 bridgehead atoms. The zero-order valence-electron chi connectivity index (χ0n) is 21.2. The van der Waals surface area contributed by atoms with Gasteiger partial charge in [0.15, 0.2) is 0 Å². The Bertz CT molecular complexity index is 1190. The molecule has 4 aromatic carbocycles. The van der Waals surface area contributed by atoms with Crippen molar-refractivity contribution in [2.24, 2.45) is 0 Å². The van der Waals surface area contributed by atoms with Gasteiger partial charge in [-0.15, -0.1) is 0 Å². The van der Waals surface area contributed by atoms with Gasteiger partial charge in [-0.3, -0.25) is 0 Å². The predicted molar refractivity (Wildman–Crippen MR) is 156 cm³/mol. The molecule has 0 aliphatic heterocycles. The fourth-order valence-corrected chi connectivity index (χ4v) is 7.84. The Kier molecular flexibility index (Phi) is 8.62. The molecule has 0 saturated heterocycles. The topological polar surface area (TPSA) is 24.1 Å². The number of aryl methyl sites for hydroxylation is 1. The van der Waals surface area contributed by atoms with Crippen molar-refractivity contribution < 1.29 is 0 Å². The summed E-state index contributed by atoms with van der Waals surface area (Å²) in [6, 6.07) is 40.8. The highest BCUT2D eigenvalue weighted by atomic mass is 31.1. The molecule has 184 valence electrons. The highest BCUT2D eigenvalue weighted by Crippen LogP contribution is 2.34. The van der Waals surface area contributed by atoms with E-state index in [1.54, 1.807) is 0 Å². The minimum atomic E-state index is -0.603. The predicted octanol–water partition coefficient (Wildman–Crippen LogP) is 5.94. The van der Waals surface area contributed by atoms with Crippen LogP contribution in [0.4, 0.5) is 0 Å². The molecule has 0 unspecified atom stereocenters.